The van der Waals surface area contributed by atoms with E-state index >= 15 is 0 Å². The van der Waals surface area contributed by atoms with Gasteiger partial charge in [-0.25, -0.2) is 9.78 Å². The molecule has 3 aromatic rings. The zero-order chi connectivity index (χ0) is 21.0. The number of aromatic nitrogens is 2. The number of esters is 1. The maximum atomic E-state index is 11.9. The number of carbonyl (C=O) groups is 1. The molecule has 0 atom stereocenters. The molecule has 4 nitrogen and oxygen atoms in total. The second kappa shape index (κ2) is 8.66. The van der Waals surface area contributed by atoms with Crippen molar-refractivity contribution in [2.75, 3.05) is 0 Å². The summed E-state index contributed by atoms with van der Waals surface area (Å²) in [6, 6.07) is 15.8. The van der Waals surface area contributed by atoms with E-state index in [1.165, 1.54) is 6.08 Å². The van der Waals surface area contributed by atoms with Gasteiger partial charge in [-0.1, -0.05) is 41.9 Å². The first-order valence-electron chi connectivity index (χ1n) is 9.49. The van der Waals surface area contributed by atoms with Crippen LogP contribution in [-0.2, 0) is 16.1 Å². The summed E-state index contributed by atoms with van der Waals surface area (Å²) in [6.07, 6.45) is 5.09. The molecule has 0 saturated carbocycles. The first-order chi connectivity index (χ1) is 13.7. The summed E-state index contributed by atoms with van der Waals surface area (Å²) in [7, 11) is 0. The molecule has 0 bridgehead atoms. The van der Waals surface area contributed by atoms with Crippen LogP contribution in [0, 0.1) is 6.92 Å². The first-order valence-corrected chi connectivity index (χ1v) is 9.87. The molecule has 0 aliphatic carbocycles. The van der Waals surface area contributed by atoms with E-state index in [1.54, 1.807) is 6.08 Å². The summed E-state index contributed by atoms with van der Waals surface area (Å²) >= 11 is 5.98. The Balaban J connectivity index is 1.74. The van der Waals surface area contributed by atoms with Gasteiger partial charge in [0.25, 0.3) is 0 Å². The largest absolute Gasteiger partial charge is 0.457 e. The zero-order valence-corrected chi connectivity index (χ0v) is 17.9. The maximum Gasteiger partial charge on any atom is 0.331 e. The SMILES string of the molecule is Cc1c(-c2ccc(Cl)cc2)ncn1Cc1cccc(/C=C/C(=O)OC(C)(C)C)c1. The number of rotatable bonds is 5. The van der Waals surface area contributed by atoms with Gasteiger partial charge in [0.2, 0.25) is 0 Å². The van der Waals surface area contributed by atoms with Crippen LogP contribution in [0.25, 0.3) is 17.3 Å². The molecule has 2 aromatic carbocycles. The number of hydrogen-bond donors (Lipinski definition) is 0. The minimum Gasteiger partial charge on any atom is -0.457 e. The van der Waals surface area contributed by atoms with Crippen LogP contribution in [0.4, 0.5) is 0 Å². The highest BCUT2D eigenvalue weighted by molar-refractivity contribution is 6.30. The average Bonchev–Trinajstić information content (AvgIpc) is 3.00. The van der Waals surface area contributed by atoms with E-state index in [0.717, 1.165) is 28.1 Å². The summed E-state index contributed by atoms with van der Waals surface area (Å²) < 4.78 is 7.42. The third-order valence-electron chi connectivity index (χ3n) is 4.34. The molecular weight excluding hydrogens is 384 g/mol. The Labute approximate surface area is 176 Å². The van der Waals surface area contributed by atoms with E-state index in [9.17, 15) is 4.79 Å². The van der Waals surface area contributed by atoms with Gasteiger partial charge in [-0.15, -0.1) is 0 Å². The predicted molar refractivity (Wildman–Crippen MR) is 118 cm³/mol. The van der Waals surface area contributed by atoms with E-state index in [-0.39, 0.29) is 5.97 Å². The third-order valence-corrected chi connectivity index (χ3v) is 4.59. The van der Waals surface area contributed by atoms with Crippen molar-refractivity contribution in [2.45, 2.75) is 39.8 Å². The van der Waals surface area contributed by atoms with Gasteiger partial charge < -0.3 is 9.30 Å². The number of nitrogens with zero attached hydrogens (tertiary/aromatic N) is 2. The number of benzene rings is 2. The first kappa shape index (κ1) is 20.9. The van der Waals surface area contributed by atoms with Crippen molar-refractivity contribution in [1.29, 1.82) is 0 Å². The fraction of sp³-hybridized carbons (Fsp3) is 0.250. The molecule has 0 N–H and O–H groups in total. The minimum absolute atomic E-state index is 0.346. The van der Waals surface area contributed by atoms with Crippen LogP contribution < -0.4 is 0 Å². The monoisotopic (exact) mass is 408 g/mol. The van der Waals surface area contributed by atoms with E-state index < -0.39 is 5.60 Å². The lowest BCUT2D eigenvalue weighted by molar-refractivity contribution is -0.148. The lowest BCUT2D eigenvalue weighted by Gasteiger charge is -2.17. The molecule has 0 radical (unpaired) electrons. The molecular formula is C24H25ClN2O2. The van der Waals surface area contributed by atoms with Crippen LogP contribution in [0.5, 0.6) is 0 Å². The van der Waals surface area contributed by atoms with Crippen LogP contribution in [0.3, 0.4) is 0 Å². The van der Waals surface area contributed by atoms with Gasteiger partial charge in [-0.05, 0) is 63.1 Å². The van der Waals surface area contributed by atoms with Gasteiger partial charge in [0.15, 0.2) is 0 Å². The Morgan fingerprint density at radius 3 is 2.59 bits per heavy atom. The summed E-state index contributed by atoms with van der Waals surface area (Å²) in [4.78, 5) is 16.5. The van der Waals surface area contributed by atoms with Gasteiger partial charge in [-0.2, -0.15) is 0 Å². The normalized spacial score (nSPS) is 11.8. The molecule has 3 rings (SSSR count). The number of hydrogen-bond acceptors (Lipinski definition) is 3. The maximum absolute atomic E-state index is 11.9. The van der Waals surface area contributed by atoms with E-state index in [1.807, 2.05) is 63.5 Å². The van der Waals surface area contributed by atoms with Gasteiger partial charge in [0, 0.05) is 28.9 Å². The highest BCUT2D eigenvalue weighted by atomic mass is 35.5. The molecule has 5 heteroatoms. The lowest BCUT2D eigenvalue weighted by atomic mass is 10.1. The van der Waals surface area contributed by atoms with Gasteiger partial charge in [0.1, 0.15) is 5.60 Å². The highest BCUT2D eigenvalue weighted by Crippen LogP contribution is 2.24. The van der Waals surface area contributed by atoms with E-state index in [4.69, 9.17) is 16.3 Å². The lowest BCUT2D eigenvalue weighted by Crippen LogP contribution is -2.22. The average molecular weight is 409 g/mol. The summed E-state index contributed by atoms with van der Waals surface area (Å²) in [5.41, 5.74) is 4.65. The Morgan fingerprint density at radius 2 is 1.90 bits per heavy atom. The molecule has 0 aliphatic heterocycles. The molecule has 1 heterocycles. The third kappa shape index (κ3) is 5.81. The smallest absolute Gasteiger partial charge is 0.331 e. The molecule has 0 aliphatic rings. The van der Waals surface area contributed by atoms with Crippen molar-refractivity contribution >= 4 is 23.6 Å². The second-order valence-electron chi connectivity index (χ2n) is 7.93. The van der Waals surface area contributed by atoms with Crippen molar-refractivity contribution < 1.29 is 9.53 Å². The molecule has 0 fully saturated rings. The number of carbonyl (C=O) groups excluding carboxylic acids is 1. The quantitative estimate of drug-likeness (QED) is 0.389. The Hall–Kier alpha value is -2.85. The van der Waals surface area contributed by atoms with Crippen molar-refractivity contribution in [2.24, 2.45) is 0 Å². The van der Waals surface area contributed by atoms with Crippen LogP contribution in [0.15, 0.2) is 60.9 Å². The van der Waals surface area contributed by atoms with Crippen molar-refractivity contribution in [1.82, 2.24) is 9.55 Å². The fourth-order valence-electron chi connectivity index (χ4n) is 2.99. The second-order valence-corrected chi connectivity index (χ2v) is 8.36. The Bertz CT molecular complexity index is 1030. The molecule has 29 heavy (non-hydrogen) atoms. The predicted octanol–water partition coefficient (Wildman–Crippen LogP) is 5.92. The molecule has 0 saturated heterocycles. The van der Waals surface area contributed by atoms with Crippen LogP contribution >= 0.6 is 11.6 Å². The highest BCUT2D eigenvalue weighted by Gasteiger charge is 2.14. The zero-order valence-electron chi connectivity index (χ0n) is 17.1. The number of imidazole rings is 1. The summed E-state index contributed by atoms with van der Waals surface area (Å²) in [5.74, 6) is -0.346. The standard InChI is InChI=1S/C24H25ClN2O2/c1-17-23(20-9-11-21(25)12-10-20)26-16-27(17)15-19-7-5-6-18(14-19)8-13-22(28)29-24(2,3)4/h5-14,16H,15H2,1-4H3/b13-8+. The summed E-state index contributed by atoms with van der Waals surface area (Å²) in [5, 5.41) is 0.710. The summed E-state index contributed by atoms with van der Waals surface area (Å²) in [6.45, 7) is 8.31. The Morgan fingerprint density at radius 1 is 1.17 bits per heavy atom. The van der Waals surface area contributed by atoms with E-state index in [2.05, 4.69) is 28.6 Å². The van der Waals surface area contributed by atoms with Crippen LogP contribution in [-0.4, -0.2) is 21.1 Å². The van der Waals surface area contributed by atoms with Gasteiger partial charge >= 0.3 is 5.97 Å². The van der Waals surface area contributed by atoms with Crippen molar-refractivity contribution in [3.63, 3.8) is 0 Å². The molecule has 0 unspecified atom stereocenters. The molecule has 150 valence electrons. The fourth-order valence-corrected chi connectivity index (χ4v) is 3.11. The molecule has 0 amide bonds. The Kier molecular flexibility index (Phi) is 6.23. The van der Waals surface area contributed by atoms with Crippen LogP contribution in [0.2, 0.25) is 5.02 Å². The molecule has 0 spiro atoms. The van der Waals surface area contributed by atoms with Gasteiger partial charge in [-0.3, -0.25) is 0 Å². The number of halogens is 1. The molecule has 1 aromatic heterocycles. The minimum atomic E-state index is -0.496. The topological polar surface area (TPSA) is 44.1 Å². The van der Waals surface area contributed by atoms with Crippen LogP contribution in [0.1, 0.15) is 37.6 Å². The number of ether oxygens (including phenoxy) is 1. The van der Waals surface area contributed by atoms with Gasteiger partial charge in [0.05, 0.1) is 12.0 Å². The van der Waals surface area contributed by atoms with Crippen molar-refractivity contribution in [3.05, 3.63) is 82.8 Å². The van der Waals surface area contributed by atoms with Crippen molar-refractivity contribution in [3.8, 4) is 11.3 Å². The van der Waals surface area contributed by atoms with E-state index in [0.29, 0.717) is 11.6 Å².